The molecule has 1 amide bonds. The summed E-state index contributed by atoms with van der Waals surface area (Å²) in [6.07, 6.45) is 0.191. The first-order valence-electron chi connectivity index (χ1n) is 6.67. The zero-order valence-electron chi connectivity index (χ0n) is 11.5. The summed E-state index contributed by atoms with van der Waals surface area (Å²) in [6, 6.07) is 18.4. The number of carbonyl (C=O) groups excluding carboxylic acids is 2. The lowest BCUT2D eigenvalue weighted by molar-refractivity contribution is -0.153. The Kier molecular flexibility index (Phi) is 5.10. The second kappa shape index (κ2) is 7.24. The van der Waals surface area contributed by atoms with Crippen LogP contribution >= 0.6 is 0 Å². The van der Waals surface area contributed by atoms with Crippen molar-refractivity contribution < 1.29 is 14.3 Å². The van der Waals surface area contributed by atoms with Gasteiger partial charge in [-0.3, -0.25) is 15.3 Å². The van der Waals surface area contributed by atoms with E-state index in [4.69, 9.17) is 10.5 Å². The minimum atomic E-state index is -1.07. The fourth-order valence-corrected chi connectivity index (χ4v) is 1.96. The molecule has 1 atom stereocenters. The molecule has 0 bridgehead atoms. The molecule has 0 heterocycles. The molecule has 4 nitrogen and oxygen atoms in total. The van der Waals surface area contributed by atoms with Crippen molar-refractivity contribution in [1.82, 2.24) is 5.73 Å². The Morgan fingerprint density at radius 2 is 1.43 bits per heavy atom. The van der Waals surface area contributed by atoms with E-state index in [9.17, 15) is 9.59 Å². The van der Waals surface area contributed by atoms with Crippen LogP contribution in [0.4, 0.5) is 0 Å². The smallest absolute Gasteiger partial charge is 0.319 e. The topological polar surface area (TPSA) is 67.2 Å². The molecular weight excluding hydrogens is 266 g/mol. The van der Waals surface area contributed by atoms with Crippen LogP contribution in [0.2, 0.25) is 0 Å². The molecule has 0 spiro atoms. The van der Waals surface area contributed by atoms with Crippen LogP contribution in [-0.2, 0) is 27.4 Å². The van der Waals surface area contributed by atoms with Crippen molar-refractivity contribution in [1.29, 1.82) is 0 Å². The summed E-state index contributed by atoms with van der Waals surface area (Å²) in [5.41, 5.74) is 8.94. The highest BCUT2D eigenvalue weighted by molar-refractivity contribution is 5.96. The number of nitrogens with one attached hydrogen (secondary N) is 1. The highest BCUT2D eigenvalue weighted by atomic mass is 16.5. The molecule has 21 heavy (non-hydrogen) atoms. The fraction of sp³-hybridized carbons (Fsp3) is 0.176. The van der Waals surface area contributed by atoms with Gasteiger partial charge in [-0.25, -0.2) is 0 Å². The van der Waals surface area contributed by atoms with Crippen molar-refractivity contribution in [2.75, 3.05) is 0 Å². The highest BCUT2D eigenvalue weighted by Gasteiger charge is 2.26. The average molecular weight is 282 g/mol. The monoisotopic (exact) mass is 282 g/mol. The molecule has 1 N–H and O–H groups in total. The number of ether oxygens (including phenoxy) is 1. The second-order valence-electron chi connectivity index (χ2n) is 4.70. The first-order chi connectivity index (χ1) is 10.2. The third kappa shape index (κ3) is 4.45. The summed E-state index contributed by atoms with van der Waals surface area (Å²) < 4.78 is 5.14. The standard InChI is InChI=1S/C17H16NO3/c18-16(19)15(11-13-7-3-1-4-8-13)17(20)21-12-14-9-5-2-6-10-14/h1-10,15,18H,11-12H2. The Balaban J connectivity index is 1.98. The Morgan fingerprint density at radius 3 is 1.95 bits per heavy atom. The van der Waals surface area contributed by atoms with Crippen molar-refractivity contribution in [2.24, 2.45) is 5.92 Å². The van der Waals surface area contributed by atoms with Gasteiger partial charge in [-0.15, -0.1) is 0 Å². The van der Waals surface area contributed by atoms with E-state index in [1.807, 2.05) is 60.7 Å². The van der Waals surface area contributed by atoms with Gasteiger partial charge in [-0.2, -0.15) is 0 Å². The van der Waals surface area contributed by atoms with Crippen LogP contribution in [0.15, 0.2) is 60.7 Å². The molecule has 0 aliphatic heterocycles. The van der Waals surface area contributed by atoms with E-state index in [1.165, 1.54) is 0 Å². The van der Waals surface area contributed by atoms with Gasteiger partial charge in [0.25, 0.3) is 5.91 Å². The maximum absolute atomic E-state index is 12.0. The molecule has 0 saturated carbocycles. The van der Waals surface area contributed by atoms with Crippen molar-refractivity contribution >= 4 is 11.9 Å². The van der Waals surface area contributed by atoms with Gasteiger partial charge >= 0.3 is 5.97 Å². The zero-order chi connectivity index (χ0) is 15.1. The van der Waals surface area contributed by atoms with Gasteiger partial charge in [0.2, 0.25) is 0 Å². The van der Waals surface area contributed by atoms with Gasteiger partial charge in [0.05, 0.1) is 0 Å². The molecule has 0 saturated heterocycles. The quantitative estimate of drug-likeness (QED) is 0.603. The van der Waals surface area contributed by atoms with Crippen LogP contribution in [0, 0.1) is 5.92 Å². The van der Waals surface area contributed by atoms with Gasteiger partial charge in [-0.1, -0.05) is 60.7 Å². The minimum absolute atomic E-state index is 0.109. The van der Waals surface area contributed by atoms with E-state index in [0.717, 1.165) is 11.1 Å². The predicted octanol–water partition coefficient (Wildman–Crippen LogP) is 2.40. The van der Waals surface area contributed by atoms with Crippen molar-refractivity contribution in [2.45, 2.75) is 13.0 Å². The van der Waals surface area contributed by atoms with E-state index < -0.39 is 17.8 Å². The van der Waals surface area contributed by atoms with Gasteiger partial charge in [0.1, 0.15) is 12.5 Å². The van der Waals surface area contributed by atoms with E-state index in [2.05, 4.69) is 0 Å². The van der Waals surface area contributed by atoms with E-state index >= 15 is 0 Å². The molecule has 0 aromatic heterocycles. The lowest BCUT2D eigenvalue weighted by atomic mass is 9.99. The second-order valence-corrected chi connectivity index (χ2v) is 4.70. The SMILES string of the molecule is [NH]C(=O)C(Cc1ccccc1)C(=O)OCc1ccccc1. The number of hydrogen-bond donors (Lipinski definition) is 0. The van der Waals surface area contributed by atoms with Crippen molar-refractivity contribution in [3.05, 3.63) is 71.8 Å². The summed E-state index contributed by atoms with van der Waals surface area (Å²) in [7, 11) is 0. The zero-order valence-corrected chi connectivity index (χ0v) is 11.5. The fourth-order valence-electron chi connectivity index (χ4n) is 1.96. The predicted molar refractivity (Wildman–Crippen MR) is 78.0 cm³/mol. The lowest BCUT2D eigenvalue weighted by Crippen LogP contribution is -2.28. The first kappa shape index (κ1) is 14.8. The summed E-state index contributed by atoms with van der Waals surface area (Å²) >= 11 is 0. The van der Waals surface area contributed by atoms with Crippen molar-refractivity contribution in [3.8, 4) is 0 Å². The highest BCUT2D eigenvalue weighted by Crippen LogP contribution is 2.12. The van der Waals surface area contributed by atoms with Crippen LogP contribution in [0.3, 0.4) is 0 Å². The third-order valence-corrected chi connectivity index (χ3v) is 3.11. The normalized spacial score (nSPS) is 11.6. The first-order valence-corrected chi connectivity index (χ1v) is 6.67. The molecule has 2 aromatic rings. The molecular formula is C17H16NO3. The van der Waals surface area contributed by atoms with Gasteiger partial charge < -0.3 is 4.74 Å². The number of rotatable bonds is 6. The summed E-state index contributed by atoms with van der Waals surface area (Å²) in [6.45, 7) is 0.109. The number of amides is 1. The number of esters is 1. The molecule has 1 radical (unpaired) electrons. The Bertz CT molecular complexity index is 596. The third-order valence-electron chi connectivity index (χ3n) is 3.11. The molecule has 1 unspecified atom stereocenters. The Hall–Kier alpha value is -2.62. The van der Waals surface area contributed by atoms with Gasteiger partial charge in [-0.05, 0) is 17.5 Å². The average Bonchev–Trinajstić information content (AvgIpc) is 2.52. The van der Waals surface area contributed by atoms with E-state index in [1.54, 1.807) is 0 Å². The Labute approximate surface area is 123 Å². The minimum Gasteiger partial charge on any atom is -0.460 e. The molecule has 4 heteroatoms. The van der Waals surface area contributed by atoms with Crippen LogP contribution in [0.5, 0.6) is 0 Å². The van der Waals surface area contributed by atoms with Gasteiger partial charge in [0.15, 0.2) is 0 Å². The maximum atomic E-state index is 12.0. The van der Waals surface area contributed by atoms with E-state index in [0.29, 0.717) is 0 Å². The molecule has 0 fully saturated rings. The summed E-state index contributed by atoms with van der Waals surface area (Å²) in [5.74, 6) is -2.64. The molecule has 0 aliphatic carbocycles. The molecule has 107 valence electrons. The maximum Gasteiger partial charge on any atom is 0.319 e. The summed E-state index contributed by atoms with van der Waals surface area (Å²) in [4.78, 5) is 23.4. The molecule has 2 aromatic carbocycles. The van der Waals surface area contributed by atoms with Gasteiger partial charge in [0, 0.05) is 0 Å². The number of benzene rings is 2. The van der Waals surface area contributed by atoms with Crippen LogP contribution in [0.25, 0.3) is 0 Å². The Morgan fingerprint density at radius 1 is 0.905 bits per heavy atom. The molecule has 2 rings (SSSR count). The largest absolute Gasteiger partial charge is 0.460 e. The van der Waals surface area contributed by atoms with Crippen molar-refractivity contribution in [3.63, 3.8) is 0 Å². The van der Waals surface area contributed by atoms with Crippen LogP contribution < -0.4 is 5.73 Å². The van der Waals surface area contributed by atoms with E-state index in [-0.39, 0.29) is 13.0 Å². The van der Waals surface area contributed by atoms with Crippen LogP contribution in [0.1, 0.15) is 11.1 Å². The van der Waals surface area contributed by atoms with Crippen LogP contribution in [-0.4, -0.2) is 11.9 Å². The summed E-state index contributed by atoms with van der Waals surface area (Å²) in [5, 5.41) is 0. The number of carbonyl (C=O) groups is 2. The number of hydrogen-bond acceptors (Lipinski definition) is 3. The lowest BCUT2D eigenvalue weighted by Gasteiger charge is -2.12. The molecule has 0 aliphatic rings.